The first-order valence-corrected chi connectivity index (χ1v) is 7.37. The minimum Gasteiger partial charge on any atom is -0.325 e. The van der Waals surface area contributed by atoms with E-state index in [9.17, 15) is 4.79 Å². The van der Waals surface area contributed by atoms with Crippen LogP contribution in [0.1, 0.15) is 60.3 Å². The molecule has 3 nitrogen and oxygen atoms in total. The molecule has 2 rings (SSSR count). The number of amides is 1. The van der Waals surface area contributed by atoms with E-state index in [0.29, 0.717) is 11.8 Å². The number of hydrogen-bond donors (Lipinski definition) is 1. The second-order valence-electron chi connectivity index (χ2n) is 7.19. The van der Waals surface area contributed by atoms with Gasteiger partial charge >= 0.3 is 0 Å². The van der Waals surface area contributed by atoms with Gasteiger partial charge in [-0.1, -0.05) is 40.5 Å². The third kappa shape index (κ3) is 2.18. The van der Waals surface area contributed by atoms with Gasteiger partial charge in [0.15, 0.2) is 0 Å². The highest BCUT2D eigenvalue weighted by molar-refractivity contribution is 5.89. The molecule has 1 spiro atoms. The van der Waals surface area contributed by atoms with Gasteiger partial charge in [0, 0.05) is 6.54 Å². The monoisotopic (exact) mass is 252 g/mol. The Balaban J connectivity index is 2.12. The first-order chi connectivity index (χ1) is 8.28. The summed E-state index contributed by atoms with van der Waals surface area (Å²) < 4.78 is 0. The summed E-state index contributed by atoms with van der Waals surface area (Å²) in [7, 11) is 0. The molecule has 0 radical (unpaired) electrons. The maximum atomic E-state index is 12.7. The van der Waals surface area contributed by atoms with Gasteiger partial charge in [0.1, 0.15) is 0 Å². The Hall–Kier alpha value is -0.570. The van der Waals surface area contributed by atoms with Crippen molar-refractivity contribution in [3.63, 3.8) is 0 Å². The van der Waals surface area contributed by atoms with Crippen molar-refractivity contribution in [1.82, 2.24) is 10.2 Å². The van der Waals surface area contributed by atoms with Crippen LogP contribution in [0, 0.1) is 11.3 Å². The van der Waals surface area contributed by atoms with Gasteiger partial charge in [-0.3, -0.25) is 10.1 Å². The molecule has 1 saturated carbocycles. The Labute approximate surface area is 111 Å². The average Bonchev–Trinajstić information content (AvgIpc) is 2.81. The molecule has 0 bridgehead atoms. The molecule has 1 amide bonds. The number of hydrogen-bond acceptors (Lipinski definition) is 2. The van der Waals surface area contributed by atoms with Crippen molar-refractivity contribution in [2.24, 2.45) is 11.3 Å². The van der Waals surface area contributed by atoms with Crippen LogP contribution in [0.3, 0.4) is 0 Å². The van der Waals surface area contributed by atoms with Gasteiger partial charge in [0.25, 0.3) is 0 Å². The van der Waals surface area contributed by atoms with Crippen molar-refractivity contribution in [3.8, 4) is 0 Å². The molecule has 0 aromatic rings. The fourth-order valence-electron chi connectivity index (χ4n) is 3.16. The van der Waals surface area contributed by atoms with Crippen molar-refractivity contribution >= 4 is 5.91 Å². The summed E-state index contributed by atoms with van der Waals surface area (Å²) >= 11 is 0. The summed E-state index contributed by atoms with van der Waals surface area (Å²) in [5, 5.41) is 3.57. The predicted molar refractivity (Wildman–Crippen MR) is 74.1 cm³/mol. The van der Waals surface area contributed by atoms with E-state index in [1.165, 1.54) is 12.8 Å². The number of nitrogens with zero attached hydrogens (tertiary/aromatic N) is 1. The van der Waals surface area contributed by atoms with E-state index in [-0.39, 0.29) is 17.1 Å². The Morgan fingerprint density at radius 3 is 2.44 bits per heavy atom. The summed E-state index contributed by atoms with van der Waals surface area (Å²) in [6, 6.07) is 0. The third-order valence-corrected chi connectivity index (χ3v) is 5.22. The molecular formula is C15H28N2O. The van der Waals surface area contributed by atoms with Crippen LogP contribution < -0.4 is 5.32 Å². The number of carbonyl (C=O) groups is 1. The second-order valence-corrected chi connectivity index (χ2v) is 7.19. The molecule has 1 heterocycles. The third-order valence-electron chi connectivity index (χ3n) is 5.22. The molecule has 2 fully saturated rings. The van der Waals surface area contributed by atoms with Gasteiger partial charge in [0.05, 0.1) is 11.7 Å². The Bertz CT molecular complexity index is 329. The highest BCUT2D eigenvalue weighted by Gasteiger charge is 2.51. The van der Waals surface area contributed by atoms with Gasteiger partial charge in [0.2, 0.25) is 5.91 Å². The number of nitrogens with one attached hydrogen (secondary N) is 1. The summed E-state index contributed by atoms with van der Waals surface area (Å²) in [6.07, 6.45) is 4.61. The van der Waals surface area contributed by atoms with Crippen molar-refractivity contribution in [2.45, 2.75) is 72.0 Å². The van der Waals surface area contributed by atoms with E-state index < -0.39 is 0 Å². The van der Waals surface area contributed by atoms with Crippen LogP contribution in [0.25, 0.3) is 0 Å². The van der Waals surface area contributed by atoms with Crippen LogP contribution >= 0.6 is 0 Å². The normalized spacial score (nSPS) is 27.8. The summed E-state index contributed by atoms with van der Waals surface area (Å²) in [6.45, 7) is 12.0. The summed E-state index contributed by atoms with van der Waals surface area (Å²) in [5.74, 6) is 0.929. The highest BCUT2D eigenvalue weighted by atomic mass is 16.2. The van der Waals surface area contributed by atoms with Crippen molar-refractivity contribution < 1.29 is 4.79 Å². The van der Waals surface area contributed by atoms with E-state index in [4.69, 9.17) is 0 Å². The van der Waals surface area contributed by atoms with Crippen LogP contribution in [-0.4, -0.2) is 29.1 Å². The molecule has 0 aromatic heterocycles. The largest absolute Gasteiger partial charge is 0.325 e. The topological polar surface area (TPSA) is 32.3 Å². The van der Waals surface area contributed by atoms with E-state index in [2.05, 4.69) is 44.8 Å². The van der Waals surface area contributed by atoms with Crippen LogP contribution in [0.4, 0.5) is 0 Å². The Kier molecular flexibility index (Phi) is 3.48. The maximum Gasteiger partial charge on any atom is 0.244 e. The molecule has 1 saturated heterocycles. The molecule has 104 valence electrons. The average molecular weight is 252 g/mol. The Morgan fingerprint density at radius 2 is 1.94 bits per heavy atom. The highest BCUT2D eigenvalue weighted by Crippen LogP contribution is 2.38. The van der Waals surface area contributed by atoms with Crippen molar-refractivity contribution in [3.05, 3.63) is 0 Å². The second kappa shape index (κ2) is 4.52. The summed E-state index contributed by atoms with van der Waals surface area (Å²) in [4.78, 5) is 14.8. The van der Waals surface area contributed by atoms with Gasteiger partial charge in [-0.2, -0.15) is 0 Å². The first kappa shape index (κ1) is 13.9. The zero-order valence-corrected chi connectivity index (χ0v) is 12.5. The van der Waals surface area contributed by atoms with Gasteiger partial charge in [-0.15, -0.1) is 0 Å². The van der Waals surface area contributed by atoms with E-state index in [1.807, 2.05) is 0 Å². The fourth-order valence-corrected chi connectivity index (χ4v) is 3.16. The van der Waals surface area contributed by atoms with Crippen LogP contribution in [-0.2, 0) is 4.79 Å². The molecule has 1 atom stereocenters. The Morgan fingerprint density at radius 1 is 1.39 bits per heavy atom. The first-order valence-electron chi connectivity index (χ1n) is 7.37. The van der Waals surface area contributed by atoms with Gasteiger partial charge in [-0.05, 0) is 31.1 Å². The van der Waals surface area contributed by atoms with Gasteiger partial charge in [-0.25, -0.2) is 0 Å². The smallest absolute Gasteiger partial charge is 0.244 e. The maximum absolute atomic E-state index is 12.7. The molecular weight excluding hydrogens is 224 g/mol. The minimum absolute atomic E-state index is 0.176. The molecule has 1 aliphatic heterocycles. The SMILES string of the molecule is CC1NC2(CCCC2)C(=O)N1CC(C)(C)C(C)C. The predicted octanol–water partition coefficient (Wildman–Crippen LogP) is 2.76. The molecule has 1 aliphatic carbocycles. The lowest BCUT2D eigenvalue weighted by atomic mass is 9.80. The molecule has 1 N–H and O–H groups in total. The molecule has 18 heavy (non-hydrogen) atoms. The lowest BCUT2D eigenvalue weighted by Crippen LogP contribution is -2.45. The molecule has 3 heteroatoms. The van der Waals surface area contributed by atoms with Crippen molar-refractivity contribution in [2.75, 3.05) is 6.54 Å². The van der Waals surface area contributed by atoms with Crippen molar-refractivity contribution in [1.29, 1.82) is 0 Å². The standard InChI is InChI=1S/C15H28N2O/c1-11(2)14(4,5)10-17-12(3)16-15(13(17)18)8-6-7-9-15/h11-12,16H,6-10H2,1-5H3. The summed E-state index contributed by atoms with van der Waals surface area (Å²) in [5.41, 5.74) is -0.0395. The molecule has 1 unspecified atom stereocenters. The van der Waals surface area contributed by atoms with E-state index in [0.717, 1.165) is 19.4 Å². The van der Waals surface area contributed by atoms with Gasteiger partial charge < -0.3 is 4.90 Å². The van der Waals surface area contributed by atoms with Crippen LogP contribution in [0.15, 0.2) is 0 Å². The van der Waals surface area contributed by atoms with Crippen LogP contribution in [0.5, 0.6) is 0 Å². The zero-order chi connectivity index (χ0) is 13.6. The number of carbonyl (C=O) groups excluding carboxylic acids is 1. The minimum atomic E-state index is -0.216. The van der Waals surface area contributed by atoms with E-state index in [1.54, 1.807) is 0 Å². The zero-order valence-electron chi connectivity index (χ0n) is 12.5. The number of rotatable bonds is 3. The quantitative estimate of drug-likeness (QED) is 0.837. The fraction of sp³-hybridized carbons (Fsp3) is 0.933. The van der Waals surface area contributed by atoms with E-state index >= 15 is 0 Å². The lowest BCUT2D eigenvalue weighted by Gasteiger charge is -2.35. The lowest BCUT2D eigenvalue weighted by molar-refractivity contribution is -0.134. The molecule has 2 aliphatic rings. The van der Waals surface area contributed by atoms with Crippen LogP contribution in [0.2, 0.25) is 0 Å². The molecule has 0 aromatic carbocycles.